The second-order valence-corrected chi connectivity index (χ2v) is 10.1. The lowest BCUT2D eigenvalue weighted by Crippen LogP contribution is -2.33. The van der Waals surface area contributed by atoms with Crippen LogP contribution in [0.1, 0.15) is 81.5 Å². The van der Waals surface area contributed by atoms with Crippen molar-refractivity contribution in [3.05, 3.63) is 82.0 Å². The Morgan fingerprint density at radius 2 is 1.70 bits per heavy atom. The molecule has 1 aromatic carbocycles. The van der Waals surface area contributed by atoms with Crippen molar-refractivity contribution >= 4 is 17.7 Å². The Labute approximate surface area is 222 Å². The van der Waals surface area contributed by atoms with Crippen LogP contribution in [-0.4, -0.2) is 32.0 Å². The minimum Gasteiger partial charge on any atom is -0.354 e. The third-order valence-electron chi connectivity index (χ3n) is 6.15. The van der Waals surface area contributed by atoms with E-state index in [0.29, 0.717) is 29.4 Å². The van der Waals surface area contributed by atoms with Crippen LogP contribution in [0.2, 0.25) is 0 Å². The highest BCUT2D eigenvalue weighted by Gasteiger charge is 2.20. The van der Waals surface area contributed by atoms with E-state index in [1.165, 1.54) is 62.3 Å². The van der Waals surface area contributed by atoms with Gasteiger partial charge in [-0.2, -0.15) is 4.98 Å². The van der Waals surface area contributed by atoms with Gasteiger partial charge in [0, 0.05) is 42.9 Å². The van der Waals surface area contributed by atoms with Crippen molar-refractivity contribution in [3.8, 4) is 0 Å². The van der Waals surface area contributed by atoms with Gasteiger partial charge in [0.05, 0.1) is 0 Å². The molecule has 1 amide bonds. The van der Waals surface area contributed by atoms with Gasteiger partial charge in [-0.3, -0.25) is 9.59 Å². The van der Waals surface area contributed by atoms with E-state index in [-0.39, 0.29) is 17.3 Å². The van der Waals surface area contributed by atoms with E-state index in [1.54, 1.807) is 35.3 Å². The number of unbranched alkanes of at least 4 members (excludes halogenated alkanes) is 6. The predicted molar refractivity (Wildman–Crippen MR) is 145 cm³/mol. The number of amides is 1. The lowest BCUT2D eigenvalue weighted by molar-refractivity contribution is -0.124. The summed E-state index contributed by atoms with van der Waals surface area (Å²) in [5.41, 5.74) is 1.80. The minimum atomic E-state index is -0.556. The van der Waals surface area contributed by atoms with Gasteiger partial charge in [-0.25, -0.2) is 14.4 Å². The molecule has 3 aromatic rings. The van der Waals surface area contributed by atoms with E-state index in [9.17, 15) is 14.0 Å². The summed E-state index contributed by atoms with van der Waals surface area (Å²) in [4.78, 5) is 38.2. The molecule has 9 heteroatoms. The summed E-state index contributed by atoms with van der Waals surface area (Å²) in [5, 5.41) is 3.48. The maximum atomic E-state index is 13.3. The SMILES string of the molecule is CCCCCCCCCNC(=O)C(C)n1cc(Cc2cncnc2)c(=O)nc1SCc1ccc(F)cc1. The predicted octanol–water partition coefficient (Wildman–Crippen LogP) is 5.48. The molecule has 0 aliphatic rings. The fourth-order valence-electron chi connectivity index (χ4n) is 3.94. The molecule has 3 rings (SSSR count). The van der Waals surface area contributed by atoms with Crippen LogP contribution < -0.4 is 10.9 Å². The minimum absolute atomic E-state index is 0.117. The first-order chi connectivity index (χ1) is 18.0. The maximum absolute atomic E-state index is 13.3. The zero-order chi connectivity index (χ0) is 26.5. The molecular weight excluding hydrogens is 489 g/mol. The average Bonchev–Trinajstić information content (AvgIpc) is 2.91. The van der Waals surface area contributed by atoms with Gasteiger partial charge in [0.1, 0.15) is 18.2 Å². The fourth-order valence-corrected chi connectivity index (χ4v) is 4.93. The van der Waals surface area contributed by atoms with E-state index < -0.39 is 6.04 Å². The van der Waals surface area contributed by atoms with Crippen LogP contribution in [0.15, 0.2) is 59.1 Å². The summed E-state index contributed by atoms with van der Waals surface area (Å²) in [6.07, 6.45) is 15.0. The van der Waals surface area contributed by atoms with Gasteiger partial charge < -0.3 is 9.88 Å². The number of hydrogen-bond acceptors (Lipinski definition) is 6. The van der Waals surface area contributed by atoms with Crippen LogP contribution in [0.25, 0.3) is 0 Å². The number of nitrogens with zero attached hydrogens (tertiary/aromatic N) is 4. The van der Waals surface area contributed by atoms with E-state index in [1.807, 2.05) is 6.92 Å². The van der Waals surface area contributed by atoms with Gasteiger partial charge in [0.25, 0.3) is 5.56 Å². The van der Waals surface area contributed by atoms with Gasteiger partial charge in [0.2, 0.25) is 5.91 Å². The molecule has 37 heavy (non-hydrogen) atoms. The molecule has 1 N–H and O–H groups in total. The van der Waals surface area contributed by atoms with Crippen molar-refractivity contribution in [3.63, 3.8) is 0 Å². The number of rotatable bonds is 15. The Morgan fingerprint density at radius 1 is 1.03 bits per heavy atom. The maximum Gasteiger partial charge on any atom is 0.277 e. The Bertz CT molecular complexity index is 1170. The van der Waals surface area contributed by atoms with Gasteiger partial charge in [-0.05, 0) is 36.6 Å². The molecule has 2 aromatic heterocycles. The number of thioether (sulfide) groups is 1. The molecule has 0 saturated heterocycles. The Kier molecular flexibility index (Phi) is 11.7. The molecule has 7 nitrogen and oxygen atoms in total. The highest BCUT2D eigenvalue weighted by molar-refractivity contribution is 7.98. The molecular formula is C28H36FN5O2S. The lowest BCUT2D eigenvalue weighted by atomic mass is 10.1. The lowest BCUT2D eigenvalue weighted by Gasteiger charge is -2.20. The zero-order valence-corrected chi connectivity index (χ0v) is 22.5. The first-order valence-electron chi connectivity index (χ1n) is 13.0. The van der Waals surface area contributed by atoms with Crippen LogP contribution >= 0.6 is 11.8 Å². The molecule has 0 saturated carbocycles. The van der Waals surface area contributed by atoms with Crippen molar-refractivity contribution in [1.29, 1.82) is 0 Å². The largest absolute Gasteiger partial charge is 0.354 e. The Hall–Kier alpha value is -3.07. The Balaban J connectivity index is 1.70. The molecule has 0 radical (unpaired) electrons. The monoisotopic (exact) mass is 525 g/mol. The van der Waals surface area contributed by atoms with Crippen molar-refractivity contribution in [2.45, 2.75) is 82.2 Å². The molecule has 0 spiro atoms. The van der Waals surface area contributed by atoms with Crippen molar-refractivity contribution in [2.24, 2.45) is 0 Å². The van der Waals surface area contributed by atoms with Gasteiger partial charge in [0.15, 0.2) is 5.16 Å². The Morgan fingerprint density at radius 3 is 2.41 bits per heavy atom. The highest BCUT2D eigenvalue weighted by Crippen LogP contribution is 2.24. The number of carbonyl (C=O) groups excluding carboxylic acids is 1. The van der Waals surface area contributed by atoms with E-state index in [2.05, 4.69) is 27.2 Å². The highest BCUT2D eigenvalue weighted by atomic mass is 32.2. The van der Waals surface area contributed by atoms with Crippen LogP contribution in [0, 0.1) is 5.82 Å². The third-order valence-corrected chi connectivity index (χ3v) is 7.19. The molecule has 1 unspecified atom stereocenters. The summed E-state index contributed by atoms with van der Waals surface area (Å²) in [7, 11) is 0. The van der Waals surface area contributed by atoms with Crippen LogP contribution in [0.3, 0.4) is 0 Å². The van der Waals surface area contributed by atoms with Crippen LogP contribution in [0.4, 0.5) is 4.39 Å². The number of nitrogens with one attached hydrogen (secondary N) is 1. The summed E-state index contributed by atoms with van der Waals surface area (Å²) < 4.78 is 15.0. The normalized spacial score (nSPS) is 11.9. The van der Waals surface area contributed by atoms with Crippen LogP contribution in [0.5, 0.6) is 0 Å². The van der Waals surface area contributed by atoms with Gasteiger partial charge in [-0.1, -0.05) is 69.3 Å². The average molecular weight is 526 g/mol. The number of carbonyl (C=O) groups is 1. The smallest absolute Gasteiger partial charge is 0.277 e. The molecule has 0 aliphatic carbocycles. The first kappa shape index (κ1) is 28.5. The van der Waals surface area contributed by atoms with E-state index in [0.717, 1.165) is 24.0 Å². The number of hydrogen-bond donors (Lipinski definition) is 1. The topological polar surface area (TPSA) is 89.8 Å². The number of halogens is 1. The molecule has 0 fully saturated rings. The van der Waals surface area contributed by atoms with Crippen molar-refractivity contribution in [2.75, 3.05) is 6.54 Å². The summed E-state index contributed by atoms with van der Waals surface area (Å²) in [6, 6.07) is 5.65. The fraction of sp³-hybridized carbons (Fsp3) is 0.464. The van der Waals surface area contributed by atoms with Gasteiger partial charge in [-0.15, -0.1) is 0 Å². The standard InChI is InChI=1S/C28H36FN5O2S/c1-3-4-5-6-7-8-9-14-32-26(35)21(2)34-18-24(15-23-16-30-20-31-17-23)27(36)33-28(34)37-19-22-10-12-25(29)13-11-22/h10-13,16-18,20-21H,3-9,14-15,19H2,1-2H3,(H,32,35). The second kappa shape index (κ2) is 15.2. The first-order valence-corrected chi connectivity index (χ1v) is 14.0. The van der Waals surface area contributed by atoms with Crippen LogP contribution in [-0.2, 0) is 17.0 Å². The van der Waals surface area contributed by atoms with Crippen molar-refractivity contribution < 1.29 is 9.18 Å². The molecule has 0 bridgehead atoms. The summed E-state index contributed by atoms with van der Waals surface area (Å²) >= 11 is 1.35. The molecule has 1 atom stereocenters. The van der Waals surface area contributed by atoms with Gasteiger partial charge >= 0.3 is 0 Å². The van der Waals surface area contributed by atoms with E-state index in [4.69, 9.17) is 0 Å². The van der Waals surface area contributed by atoms with Crippen molar-refractivity contribution in [1.82, 2.24) is 24.8 Å². The molecule has 198 valence electrons. The summed E-state index contributed by atoms with van der Waals surface area (Å²) in [6.45, 7) is 4.64. The zero-order valence-electron chi connectivity index (χ0n) is 21.7. The second-order valence-electron chi connectivity index (χ2n) is 9.19. The summed E-state index contributed by atoms with van der Waals surface area (Å²) in [5.74, 6) is 0.0728. The third kappa shape index (κ3) is 9.39. The number of aromatic nitrogens is 4. The molecule has 2 heterocycles. The molecule has 0 aliphatic heterocycles. The van der Waals surface area contributed by atoms with E-state index >= 15 is 0 Å². The quantitative estimate of drug-likeness (QED) is 0.160. The number of benzene rings is 1.